The quantitative estimate of drug-likeness (QED) is 0.884. The third-order valence-electron chi connectivity index (χ3n) is 5.49. The van der Waals surface area contributed by atoms with Gasteiger partial charge in [0.25, 0.3) is 0 Å². The fraction of sp³-hybridized carbons (Fsp3) is 0.667. The molecule has 1 N–H and O–H groups in total. The zero-order valence-electron chi connectivity index (χ0n) is 16.8. The number of nitrogens with one attached hydrogen (secondary N) is 1. The zero-order chi connectivity index (χ0) is 19.4. The van der Waals surface area contributed by atoms with Crippen LogP contribution in [0.1, 0.15) is 52.9 Å². The molecule has 0 aliphatic carbocycles. The lowest BCUT2D eigenvalue weighted by molar-refractivity contribution is -0.142. The first-order chi connectivity index (χ1) is 12.8. The van der Waals surface area contributed by atoms with Crippen LogP contribution in [-0.2, 0) is 9.59 Å². The van der Waals surface area contributed by atoms with Crippen LogP contribution in [-0.4, -0.2) is 47.9 Å². The van der Waals surface area contributed by atoms with Gasteiger partial charge in [0.15, 0.2) is 0 Å². The van der Waals surface area contributed by atoms with E-state index in [-0.39, 0.29) is 23.1 Å². The van der Waals surface area contributed by atoms with Crippen molar-refractivity contribution >= 4 is 23.3 Å². The summed E-state index contributed by atoms with van der Waals surface area (Å²) in [6, 6.07) is 3.93. The minimum absolute atomic E-state index is 0.0328. The summed E-state index contributed by atoms with van der Waals surface area (Å²) in [5, 5.41) is 2.99. The first-order valence-corrected chi connectivity index (χ1v) is 10.2. The second-order valence-electron chi connectivity index (χ2n) is 8.76. The number of anilines is 2. The van der Waals surface area contributed by atoms with Crippen molar-refractivity contribution in [3.8, 4) is 0 Å². The Morgan fingerprint density at radius 2 is 1.70 bits per heavy atom. The summed E-state index contributed by atoms with van der Waals surface area (Å²) in [6.07, 6.45) is 6.91. The standard InChI is InChI=1S/C21H32N4O2/c1-21(2,3)20(27)25-13-9-16(10-14-25)19(26)23-17-7-8-18(22-15-17)24-11-5-4-6-12-24/h7-8,15-16H,4-6,9-14H2,1-3H3,(H,23,26). The van der Waals surface area contributed by atoms with Gasteiger partial charge in [0.1, 0.15) is 5.82 Å². The van der Waals surface area contributed by atoms with Gasteiger partial charge < -0.3 is 15.1 Å². The molecule has 0 unspecified atom stereocenters. The molecule has 0 bridgehead atoms. The van der Waals surface area contributed by atoms with Crippen molar-refractivity contribution in [2.75, 3.05) is 36.4 Å². The molecule has 3 heterocycles. The number of hydrogen-bond acceptors (Lipinski definition) is 4. The van der Waals surface area contributed by atoms with Crippen LogP contribution in [0.2, 0.25) is 0 Å². The summed E-state index contributed by atoms with van der Waals surface area (Å²) < 4.78 is 0. The van der Waals surface area contributed by atoms with Crippen molar-refractivity contribution < 1.29 is 9.59 Å². The Balaban J connectivity index is 1.50. The number of nitrogens with zero attached hydrogens (tertiary/aromatic N) is 3. The van der Waals surface area contributed by atoms with Gasteiger partial charge in [-0.3, -0.25) is 9.59 Å². The maximum absolute atomic E-state index is 12.6. The number of rotatable bonds is 3. The molecule has 2 fully saturated rings. The second-order valence-corrected chi connectivity index (χ2v) is 8.76. The van der Waals surface area contributed by atoms with Crippen LogP contribution in [0, 0.1) is 11.3 Å². The highest BCUT2D eigenvalue weighted by Gasteiger charge is 2.32. The number of pyridine rings is 1. The highest BCUT2D eigenvalue weighted by Crippen LogP contribution is 2.25. The lowest BCUT2D eigenvalue weighted by atomic mass is 9.90. The Labute approximate surface area is 162 Å². The first kappa shape index (κ1) is 19.6. The Morgan fingerprint density at radius 3 is 2.26 bits per heavy atom. The number of hydrogen-bond donors (Lipinski definition) is 1. The average molecular weight is 373 g/mol. The van der Waals surface area contributed by atoms with Crippen molar-refractivity contribution in [1.82, 2.24) is 9.88 Å². The maximum atomic E-state index is 12.6. The minimum Gasteiger partial charge on any atom is -0.357 e. The smallest absolute Gasteiger partial charge is 0.227 e. The normalized spacial score (nSPS) is 19.1. The molecular formula is C21H32N4O2. The predicted octanol–water partition coefficient (Wildman–Crippen LogP) is 3.30. The fourth-order valence-electron chi connectivity index (χ4n) is 3.83. The predicted molar refractivity (Wildman–Crippen MR) is 108 cm³/mol. The molecule has 6 nitrogen and oxygen atoms in total. The third-order valence-corrected chi connectivity index (χ3v) is 5.49. The van der Waals surface area contributed by atoms with Crippen molar-refractivity contribution in [3.05, 3.63) is 18.3 Å². The second kappa shape index (κ2) is 8.28. The van der Waals surface area contributed by atoms with Crippen LogP contribution < -0.4 is 10.2 Å². The molecule has 1 aromatic rings. The SMILES string of the molecule is CC(C)(C)C(=O)N1CCC(C(=O)Nc2ccc(N3CCCCC3)nc2)CC1. The van der Waals surface area contributed by atoms with E-state index < -0.39 is 0 Å². The summed E-state index contributed by atoms with van der Waals surface area (Å²) in [6.45, 7) is 9.24. The lowest BCUT2D eigenvalue weighted by Crippen LogP contribution is -2.45. The Bertz CT molecular complexity index is 652. The van der Waals surface area contributed by atoms with E-state index in [1.54, 1.807) is 6.20 Å². The van der Waals surface area contributed by atoms with E-state index in [1.165, 1.54) is 19.3 Å². The molecule has 0 aromatic carbocycles. The summed E-state index contributed by atoms with van der Waals surface area (Å²) in [5.41, 5.74) is 0.380. The largest absolute Gasteiger partial charge is 0.357 e. The molecule has 2 aliphatic rings. The lowest BCUT2D eigenvalue weighted by Gasteiger charge is -2.35. The van der Waals surface area contributed by atoms with Gasteiger partial charge in [-0.1, -0.05) is 20.8 Å². The van der Waals surface area contributed by atoms with E-state index in [1.807, 2.05) is 37.8 Å². The summed E-state index contributed by atoms with van der Waals surface area (Å²) in [7, 11) is 0. The number of carbonyl (C=O) groups excluding carboxylic acids is 2. The van der Waals surface area contributed by atoms with Crippen LogP contribution >= 0.6 is 0 Å². The van der Waals surface area contributed by atoms with Gasteiger partial charge in [0.2, 0.25) is 11.8 Å². The maximum Gasteiger partial charge on any atom is 0.227 e. The van der Waals surface area contributed by atoms with Crippen LogP contribution in [0.15, 0.2) is 18.3 Å². The van der Waals surface area contributed by atoms with E-state index in [2.05, 4.69) is 15.2 Å². The third kappa shape index (κ3) is 4.99. The molecular weight excluding hydrogens is 340 g/mol. The van der Waals surface area contributed by atoms with Gasteiger partial charge in [-0.05, 0) is 44.2 Å². The number of aromatic nitrogens is 1. The van der Waals surface area contributed by atoms with E-state index in [9.17, 15) is 9.59 Å². The molecule has 0 atom stereocenters. The molecule has 2 saturated heterocycles. The number of piperidine rings is 2. The highest BCUT2D eigenvalue weighted by molar-refractivity contribution is 5.92. The Morgan fingerprint density at radius 1 is 1.04 bits per heavy atom. The van der Waals surface area contributed by atoms with Gasteiger partial charge in [-0.15, -0.1) is 0 Å². The van der Waals surface area contributed by atoms with Gasteiger partial charge in [-0.25, -0.2) is 4.98 Å². The van der Waals surface area contributed by atoms with Gasteiger partial charge in [0.05, 0.1) is 11.9 Å². The molecule has 0 radical (unpaired) electrons. The molecule has 148 valence electrons. The van der Waals surface area contributed by atoms with Crippen LogP contribution in [0.25, 0.3) is 0 Å². The molecule has 3 rings (SSSR count). The topological polar surface area (TPSA) is 65.5 Å². The average Bonchev–Trinajstić information content (AvgIpc) is 2.68. The zero-order valence-corrected chi connectivity index (χ0v) is 16.8. The van der Waals surface area contributed by atoms with E-state index in [0.717, 1.165) is 24.6 Å². The van der Waals surface area contributed by atoms with Gasteiger partial charge in [0, 0.05) is 37.5 Å². The van der Waals surface area contributed by atoms with E-state index >= 15 is 0 Å². The van der Waals surface area contributed by atoms with Crippen molar-refractivity contribution in [3.63, 3.8) is 0 Å². The number of amides is 2. The first-order valence-electron chi connectivity index (χ1n) is 10.2. The molecule has 0 spiro atoms. The fourth-order valence-corrected chi connectivity index (χ4v) is 3.83. The molecule has 2 amide bonds. The monoisotopic (exact) mass is 372 g/mol. The minimum atomic E-state index is -0.364. The van der Waals surface area contributed by atoms with Gasteiger partial charge >= 0.3 is 0 Å². The van der Waals surface area contributed by atoms with Crippen LogP contribution in [0.3, 0.4) is 0 Å². The van der Waals surface area contributed by atoms with Crippen LogP contribution in [0.5, 0.6) is 0 Å². The number of likely N-dealkylation sites (tertiary alicyclic amines) is 1. The number of carbonyl (C=O) groups is 2. The summed E-state index contributed by atoms with van der Waals surface area (Å²) in [4.78, 5) is 33.6. The van der Waals surface area contributed by atoms with Crippen molar-refractivity contribution in [2.45, 2.75) is 52.9 Å². The van der Waals surface area contributed by atoms with E-state index in [0.29, 0.717) is 25.9 Å². The Hall–Kier alpha value is -2.11. The van der Waals surface area contributed by atoms with Crippen molar-refractivity contribution in [1.29, 1.82) is 0 Å². The molecule has 6 heteroatoms. The molecule has 2 aliphatic heterocycles. The summed E-state index contributed by atoms with van der Waals surface area (Å²) >= 11 is 0. The van der Waals surface area contributed by atoms with Crippen molar-refractivity contribution in [2.24, 2.45) is 11.3 Å². The molecule has 27 heavy (non-hydrogen) atoms. The van der Waals surface area contributed by atoms with E-state index in [4.69, 9.17) is 0 Å². The molecule has 0 saturated carbocycles. The Kier molecular flexibility index (Phi) is 6.02. The highest BCUT2D eigenvalue weighted by atomic mass is 16.2. The van der Waals surface area contributed by atoms with Gasteiger partial charge in [-0.2, -0.15) is 0 Å². The molecule has 1 aromatic heterocycles. The summed E-state index contributed by atoms with van der Waals surface area (Å²) in [5.74, 6) is 1.14. The van der Waals surface area contributed by atoms with Crippen LogP contribution in [0.4, 0.5) is 11.5 Å².